The molecule has 3 aliphatic rings. The quantitative estimate of drug-likeness (QED) is 0.735. The number of thioether (sulfide) groups is 1. The number of aromatic nitrogens is 1. The lowest BCUT2D eigenvalue weighted by Gasteiger charge is -2.33. The maximum Gasteiger partial charge on any atom is 0.160 e. The van der Waals surface area contributed by atoms with Crippen molar-refractivity contribution in [3.05, 3.63) is 59.4 Å². The van der Waals surface area contributed by atoms with Gasteiger partial charge in [0.05, 0.1) is 11.7 Å². The topological polar surface area (TPSA) is 31.7 Å². The molecule has 0 bridgehead atoms. The molecule has 3 atom stereocenters. The summed E-state index contributed by atoms with van der Waals surface area (Å²) in [6, 6.07) is 14.1. The van der Waals surface area contributed by atoms with Crippen LogP contribution in [0.1, 0.15) is 55.1 Å². The second-order valence-corrected chi connectivity index (χ2v) is 9.06. The van der Waals surface area contributed by atoms with Crippen molar-refractivity contribution in [3.63, 3.8) is 0 Å². The third-order valence-electron chi connectivity index (χ3n) is 6.37. The number of nitrogens with zero attached hydrogens (tertiary/aromatic N) is 4. The Bertz CT molecular complexity index is 875. The molecule has 2 fully saturated rings. The van der Waals surface area contributed by atoms with Gasteiger partial charge in [-0.15, -0.1) is 0 Å². The first-order chi connectivity index (χ1) is 13.8. The Balaban J connectivity index is 1.55. The maximum atomic E-state index is 5.15. The van der Waals surface area contributed by atoms with Gasteiger partial charge in [-0.2, -0.15) is 0 Å². The fraction of sp³-hybridized carbons (Fsp3) is 0.478. The van der Waals surface area contributed by atoms with Gasteiger partial charge in [0.1, 0.15) is 6.04 Å². The van der Waals surface area contributed by atoms with E-state index < -0.39 is 0 Å². The Morgan fingerprint density at radius 3 is 2.71 bits per heavy atom. The second kappa shape index (κ2) is 7.43. The summed E-state index contributed by atoms with van der Waals surface area (Å²) in [5.74, 6) is 1.14. The van der Waals surface area contributed by atoms with Crippen LogP contribution in [0.15, 0.2) is 47.6 Å². The highest BCUT2D eigenvalue weighted by Crippen LogP contribution is 2.49. The fourth-order valence-electron chi connectivity index (χ4n) is 4.85. The number of aryl methyl sites for hydroxylation is 1. The zero-order chi connectivity index (χ0) is 19.1. The Morgan fingerprint density at radius 1 is 1.14 bits per heavy atom. The molecule has 4 heterocycles. The number of rotatable bonds is 4. The van der Waals surface area contributed by atoms with Crippen molar-refractivity contribution in [2.45, 2.75) is 51.2 Å². The highest BCUT2D eigenvalue weighted by molar-refractivity contribution is 8.14. The van der Waals surface area contributed by atoms with E-state index in [1.807, 2.05) is 24.0 Å². The molecule has 28 heavy (non-hydrogen) atoms. The number of aliphatic imine (C=N–C) groups is 1. The van der Waals surface area contributed by atoms with E-state index in [0.717, 1.165) is 17.9 Å². The summed E-state index contributed by atoms with van der Waals surface area (Å²) in [6.07, 6.45) is 5.67. The van der Waals surface area contributed by atoms with Crippen LogP contribution < -0.4 is 4.90 Å². The van der Waals surface area contributed by atoms with Crippen LogP contribution in [-0.2, 0) is 0 Å². The SMILES string of the molecule is CC[C@@H]1CSC2=N[C@H](c3ccccn3)[C@H](c3ccc(N4CCCC4)cc3C)N21. The molecule has 4 nitrogen and oxygen atoms in total. The highest BCUT2D eigenvalue weighted by Gasteiger charge is 2.45. The van der Waals surface area contributed by atoms with Crippen LogP contribution in [0.2, 0.25) is 0 Å². The van der Waals surface area contributed by atoms with Crippen molar-refractivity contribution in [3.8, 4) is 0 Å². The van der Waals surface area contributed by atoms with Crippen molar-refractivity contribution in [2.75, 3.05) is 23.7 Å². The van der Waals surface area contributed by atoms with Crippen LogP contribution in [0.4, 0.5) is 5.69 Å². The van der Waals surface area contributed by atoms with Gasteiger partial charge in [-0.25, -0.2) is 0 Å². The summed E-state index contributed by atoms with van der Waals surface area (Å²) in [6.45, 7) is 6.94. The predicted octanol–water partition coefficient (Wildman–Crippen LogP) is 4.97. The van der Waals surface area contributed by atoms with Crippen LogP contribution in [0.25, 0.3) is 0 Å². The van der Waals surface area contributed by atoms with E-state index in [1.54, 1.807) is 0 Å². The van der Waals surface area contributed by atoms with E-state index in [9.17, 15) is 0 Å². The summed E-state index contributed by atoms with van der Waals surface area (Å²) < 4.78 is 0. The fourth-order valence-corrected chi connectivity index (χ4v) is 6.19. The molecule has 0 spiro atoms. The van der Waals surface area contributed by atoms with Crippen molar-refractivity contribution in [1.82, 2.24) is 9.88 Å². The van der Waals surface area contributed by atoms with E-state index in [1.165, 1.54) is 47.9 Å². The molecule has 1 aromatic heterocycles. The van der Waals surface area contributed by atoms with Crippen molar-refractivity contribution in [2.24, 2.45) is 4.99 Å². The normalized spacial score (nSPS) is 26.6. The molecule has 3 aliphatic heterocycles. The zero-order valence-corrected chi connectivity index (χ0v) is 17.5. The summed E-state index contributed by atoms with van der Waals surface area (Å²) in [5, 5.41) is 1.20. The molecule has 146 valence electrons. The molecule has 0 N–H and O–H groups in total. The monoisotopic (exact) mass is 392 g/mol. The maximum absolute atomic E-state index is 5.15. The Morgan fingerprint density at radius 2 is 2.00 bits per heavy atom. The average Bonchev–Trinajstić information content (AvgIpc) is 3.45. The first-order valence-electron chi connectivity index (χ1n) is 10.5. The van der Waals surface area contributed by atoms with Crippen LogP contribution in [0, 0.1) is 6.92 Å². The Kier molecular flexibility index (Phi) is 4.79. The van der Waals surface area contributed by atoms with Gasteiger partial charge in [-0.1, -0.05) is 30.8 Å². The third kappa shape index (κ3) is 3.00. The lowest BCUT2D eigenvalue weighted by Crippen LogP contribution is -2.35. The van der Waals surface area contributed by atoms with E-state index in [2.05, 4.69) is 59.0 Å². The lowest BCUT2D eigenvalue weighted by atomic mass is 9.91. The molecular weight excluding hydrogens is 364 g/mol. The molecule has 0 saturated carbocycles. The average molecular weight is 393 g/mol. The number of amidine groups is 1. The van der Waals surface area contributed by atoms with Crippen LogP contribution in [0.5, 0.6) is 0 Å². The minimum absolute atomic E-state index is 0.0781. The van der Waals surface area contributed by atoms with Crippen LogP contribution in [-0.4, -0.2) is 39.9 Å². The largest absolute Gasteiger partial charge is 0.372 e. The number of pyridine rings is 1. The lowest BCUT2D eigenvalue weighted by molar-refractivity contribution is 0.254. The number of hydrogen-bond acceptors (Lipinski definition) is 5. The molecule has 0 aliphatic carbocycles. The third-order valence-corrected chi connectivity index (χ3v) is 7.50. The molecule has 0 radical (unpaired) electrons. The van der Waals surface area contributed by atoms with E-state index in [-0.39, 0.29) is 12.1 Å². The first kappa shape index (κ1) is 18.0. The minimum atomic E-state index is 0.0781. The Hall–Kier alpha value is -2.01. The van der Waals surface area contributed by atoms with Gasteiger partial charge >= 0.3 is 0 Å². The van der Waals surface area contributed by atoms with Gasteiger partial charge in [-0.3, -0.25) is 9.98 Å². The summed E-state index contributed by atoms with van der Waals surface area (Å²) in [5.41, 5.74) is 5.22. The molecule has 0 unspecified atom stereocenters. The number of fused-ring (bicyclic) bond motifs is 1. The molecule has 2 aromatic rings. The van der Waals surface area contributed by atoms with Gasteiger partial charge in [0, 0.05) is 36.8 Å². The van der Waals surface area contributed by atoms with Gasteiger partial charge in [-0.05, 0) is 61.6 Å². The van der Waals surface area contributed by atoms with Gasteiger partial charge in [0.25, 0.3) is 0 Å². The highest BCUT2D eigenvalue weighted by atomic mass is 32.2. The second-order valence-electron chi connectivity index (χ2n) is 8.07. The van der Waals surface area contributed by atoms with E-state index >= 15 is 0 Å². The molecule has 2 saturated heterocycles. The molecule has 0 amide bonds. The number of anilines is 1. The van der Waals surface area contributed by atoms with Crippen LogP contribution in [0.3, 0.4) is 0 Å². The standard InChI is InChI=1S/C23H28N4S/c1-3-17-15-28-23-25-21(20-8-4-5-11-24-20)22(27(17)23)19-10-9-18(14-16(19)2)26-12-6-7-13-26/h4-5,8-11,14,17,21-22H,3,6-7,12-13,15H2,1-2H3/t17-,21-,22+/m1/s1. The predicted molar refractivity (Wildman–Crippen MR) is 118 cm³/mol. The Labute approximate surface area is 172 Å². The first-order valence-corrected chi connectivity index (χ1v) is 11.5. The molecule has 5 heteroatoms. The smallest absolute Gasteiger partial charge is 0.160 e. The number of hydrogen-bond donors (Lipinski definition) is 0. The summed E-state index contributed by atoms with van der Waals surface area (Å²) in [7, 11) is 0. The minimum Gasteiger partial charge on any atom is -0.372 e. The molecule has 1 aromatic carbocycles. The zero-order valence-electron chi connectivity index (χ0n) is 16.7. The van der Waals surface area contributed by atoms with Gasteiger partial charge in [0.15, 0.2) is 5.17 Å². The van der Waals surface area contributed by atoms with Gasteiger partial charge < -0.3 is 9.80 Å². The molecule has 5 rings (SSSR count). The van der Waals surface area contributed by atoms with E-state index in [0.29, 0.717) is 6.04 Å². The van der Waals surface area contributed by atoms with Crippen LogP contribution >= 0.6 is 11.8 Å². The van der Waals surface area contributed by atoms with Crippen molar-refractivity contribution < 1.29 is 0 Å². The van der Waals surface area contributed by atoms with Crippen molar-refractivity contribution in [1.29, 1.82) is 0 Å². The summed E-state index contributed by atoms with van der Waals surface area (Å²) >= 11 is 1.91. The summed E-state index contributed by atoms with van der Waals surface area (Å²) in [4.78, 5) is 14.9. The number of benzene rings is 1. The van der Waals surface area contributed by atoms with Crippen molar-refractivity contribution >= 4 is 22.6 Å². The van der Waals surface area contributed by atoms with E-state index in [4.69, 9.17) is 4.99 Å². The van der Waals surface area contributed by atoms with Gasteiger partial charge in [0.2, 0.25) is 0 Å². The molecular formula is C23H28N4S.